The van der Waals surface area contributed by atoms with Gasteiger partial charge in [0, 0.05) is 30.9 Å². The molecule has 0 aliphatic carbocycles. The van der Waals surface area contributed by atoms with Crippen molar-refractivity contribution in [1.29, 1.82) is 0 Å². The van der Waals surface area contributed by atoms with E-state index >= 15 is 0 Å². The van der Waals surface area contributed by atoms with Crippen molar-refractivity contribution in [3.8, 4) is 10.4 Å². The number of alkyl halides is 3. The lowest BCUT2D eigenvalue weighted by molar-refractivity contribution is -0.142. The fourth-order valence-corrected chi connectivity index (χ4v) is 3.94. The Labute approximate surface area is 167 Å². The van der Waals surface area contributed by atoms with Crippen molar-refractivity contribution in [1.82, 2.24) is 15.0 Å². The number of aromatic nitrogens is 3. The SMILES string of the molecule is Cc1cc(Nc2nccc(C(F)(F)F)n2)cc(-c2cnc(C3CCC(=O)O3)s2)c1. The third-order valence-corrected chi connectivity index (χ3v) is 5.39. The van der Waals surface area contributed by atoms with Crippen LogP contribution in [0.1, 0.15) is 35.2 Å². The number of esters is 1. The Bertz CT molecular complexity index is 1070. The number of rotatable bonds is 4. The topological polar surface area (TPSA) is 77.0 Å². The zero-order valence-corrected chi connectivity index (χ0v) is 16.0. The van der Waals surface area contributed by atoms with E-state index in [1.807, 2.05) is 13.0 Å². The molecular weight excluding hydrogens is 405 g/mol. The summed E-state index contributed by atoms with van der Waals surface area (Å²) in [5.74, 6) is -0.367. The van der Waals surface area contributed by atoms with E-state index in [2.05, 4.69) is 20.3 Å². The molecule has 6 nitrogen and oxygen atoms in total. The second-order valence-electron chi connectivity index (χ2n) is 6.56. The number of hydrogen-bond acceptors (Lipinski definition) is 7. The van der Waals surface area contributed by atoms with E-state index in [4.69, 9.17) is 4.74 Å². The second-order valence-corrected chi connectivity index (χ2v) is 7.62. The number of carbonyl (C=O) groups is 1. The molecule has 1 aromatic carbocycles. The molecule has 0 amide bonds. The molecule has 2 aromatic heterocycles. The van der Waals surface area contributed by atoms with Gasteiger partial charge in [0.1, 0.15) is 10.7 Å². The number of thiazole rings is 1. The monoisotopic (exact) mass is 420 g/mol. The molecule has 1 unspecified atom stereocenters. The third-order valence-electron chi connectivity index (χ3n) is 4.25. The highest BCUT2D eigenvalue weighted by molar-refractivity contribution is 7.15. The van der Waals surface area contributed by atoms with E-state index in [0.29, 0.717) is 18.5 Å². The van der Waals surface area contributed by atoms with Gasteiger partial charge in [-0.15, -0.1) is 11.3 Å². The quantitative estimate of drug-likeness (QED) is 0.596. The fraction of sp³-hybridized carbons (Fsp3) is 0.263. The zero-order chi connectivity index (χ0) is 20.6. The van der Waals surface area contributed by atoms with E-state index in [1.54, 1.807) is 18.3 Å². The summed E-state index contributed by atoms with van der Waals surface area (Å²) < 4.78 is 43.8. The Morgan fingerprint density at radius 2 is 2.07 bits per heavy atom. The Morgan fingerprint density at radius 3 is 2.79 bits per heavy atom. The van der Waals surface area contributed by atoms with Crippen molar-refractivity contribution >= 4 is 28.9 Å². The van der Waals surface area contributed by atoms with Crippen LogP contribution in [0.15, 0.2) is 36.7 Å². The maximum absolute atomic E-state index is 12.9. The molecule has 10 heteroatoms. The molecule has 1 atom stereocenters. The van der Waals surface area contributed by atoms with Crippen LogP contribution in [0.2, 0.25) is 0 Å². The Hall–Kier alpha value is -3.01. The average molecular weight is 420 g/mol. The van der Waals surface area contributed by atoms with Crippen LogP contribution in [0.4, 0.5) is 24.8 Å². The molecular formula is C19H15F3N4O2S. The van der Waals surface area contributed by atoms with Crippen molar-refractivity contribution in [2.45, 2.75) is 32.0 Å². The van der Waals surface area contributed by atoms with Crippen molar-refractivity contribution in [2.24, 2.45) is 0 Å². The molecule has 150 valence electrons. The fourth-order valence-electron chi connectivity index (χ4n) is 2.97. The van der Waals surface area contributed by atoms with Crippen LogP contribution in [0.3, 0.4) is 0 Å². The predicted molar refractivity (Wildman–Crippen MR) is 101 cm³/mol. The highest BCUT2D eigenvalue weighted by atomic mass is 32.1. The van der Waals surface area contributed by atoms with Crippen LogP contribution in [-0.2, 0) is 15.7 Å². The van der Waals surface area contributed by atoms with Gasteiger partial charge in [-0.3, -0.25) is 4.79 Å². The summed E-state index contributed by atoms with van der Waals surface area (Å²) in [5.41, 5.74) is 1.29. The zero-order valence-electron chi connectivity index (χ0n) is 15.2. The molecule has 1 aliphatic rings. The second kappa shape index (κ2) is 7.43. The van der Waals surface area contributed by atoms with Crippen LogP contribution < -0.4 is 5.32 Å². The number of hydrogen-bond donors (Lipinski definition) is 1. The molecule has 4 rings (SSSR count). The Kier molecular flexibility index (Phi) is 4.95. The Morgan fingerprint density at radius 1 is 1.24 bits per heavy atom. The lowest BCUT2D eigenvalue weighted by Gasteiger charge is -2.10. The van der Waals surface area contributed by atoms with E-state index < -0.39 is 11.9 Å². The van der Waals surface area contributed by atoms with Crippen LogP contribution in [-0.4, -0.2) is 20.9 Å². The van der Waals surface area contributed by atoms with Crippen molar-refractivity contribution in [3.05, 3.63) is 52.9 Å². The first-order valence-electron chi connectivity index (χ1n) is 8.72. The molecule has 1 saturated heterocycles. The van der Waals surface area contributed by atoms with Gasteiger partial charge in [-0.05, 0) is 36.2 Å². The summed E-state index contributed by atoms with van der Waals surface area (Å²) in [5, 5.41) is 3.55. The number of anilines is 2. The number of ether oxygens (including phenoxy) is 1. The first-order chi connectivity index (χ1) is 13.8. The lowest BCUT2D eigenvalue weighted by atomic mass is 10.1. The summed E-state index contributed by atoms with van der Waals surface area (Å²) in [7, 11) is 0. The molecule has 3 aromatic rings. The minimum Gasteiger partial charge on any atom is -0.455 e. The summed E-state index contributed by atoms with van der Waals surface area (Å²) in [6.07, 6.45) is -1.10. The molecule has 0 bridgehead atoms. The summed E-state index contributed by atoms with van der Waals surface area (Å²) in [6.45, 7) is 1.88. The van der Waals surface area contributed by atoms with Crippen molar-refractivity contribution in [2.75, 3.05) is 5.32 Å². The Balaban J connectivity index is 1.59. The number of carbonyl (C=O) groups excluding carboxylic acids is 1. The van der Waals surface area contributed by atoms with Crippen molar-refractivity contribution in [3.63, 3.8) is 0 Å². The summed E-state index contributed by atoms with van der Waals surface area (Å²) in [6, 6.07) is 6.33. The van der Waals surface area contributed by atoms with Crippen LogP contribution in [0, 0.1) is 6.92 Å². The van der Waals surface area contributed by atoms with Crippen LogP contribution in [0.25, 0.3) is 10.4 Å². The summed E-state index contributed by atoms with van der Waals surface area (Å²) >= 11 is 1.42. The normalized spacial score (nSPS) is 16.7. The number of cyclic esters (lactones) is 1. The molecule has 29 heavy (non-hydrogen) atoms. The first-order valence-corrected chi connectivity index (χ1v) is 9.54. The first kappa shape index (κ1) is 19.3. The molecule has 1 fully saturated rings. The number of nitrogens with zero attached hydrogens (tertiary/aromatic N) is 3. The minimum absolute atomic E-state index is 0.140. The maximum Gasteiger partial charge on any atom is 0.433 e. The molecule has 3 heterocycles. The van der Waals surface area contributed by atoms with Gasteiger partial charge in [-0.25, -0.2) is 15.0 Å². The highest BCUT2D eigenvalue weighted by Crippen LogP contribution is 2.37. The largest absolute Gasteiger partial charge is 0.455 e. The van der Waals surface area contributed by atoms with E-state index in [9.17, 15) is 18.0 Å². The smallest absolute Gasteiger partial charge is 0.433 e. The van der Waals surface area contributed by atoms with Gasteiger partial charge in [-0.2, -0.15) is 13.2 Å². The number of nitrogens with one attached hydrogen (secondary N) is 1. The third kappa shape index (κ3) is 4.37. The molecule has 1 N–H and O–H groups in total. The van der Waals surface area contributed by atoms with Gasteiger partial charge in [0.15, 0.2) is 6.10 Å². The predicted octanol–water partition coefficient (Wildman–Crippen LogP) is 5.05. The van der Waals surface area contributed by atoms with Gasteiger partial charge in [-0.1, -0.05) is 6.07 Å². The standard InChI is InChI=1S/C19H15F3N4O2S/c1-10-6-11(14-9-24-17(29-14)13-2-3-16(27)28-13)8-12(7-10)25-18-23-5-4-15(26-18)19(20,21)22/h4-9,13H,2-3H2,1H3,(H,23,25,26). The van der Waals surface area contributed by atoms with E-state index in [-0.39, 0.29) is 18.0 Å². The molecule has 0 spiro atoms. The molecule has 0 saturated carbocycles. The van der Waals surface area contributed by atoms with Crippen LogP contribution in [0.5, 0.6) is 0 Å². The molecule has 1 aliphatic heterocycles. The van der Waals surface area contributed by atoms with Crippen LogP contribution >= 0.6 is 11.3 Å². The minimum atomic E-state index is -4.54. The summed E-state index contributed by atoms with van der Waals surface area (Å²) in [4.78, 5) is 23.9. The lowest BCUT2D eigenvalue weighted by Crippen LogP contribution is -2.10. The van der Waals surface area contributed by atoms with Gasteiger partial charge in [0.25, 0.3) is 0 Å². The number of halogens is 3. The highest BCUT2D eigenvalue weighted by Gasteiger charge is 2.32. The molecule has 0 radical (unpaired) electrons. The van der Waals surface area contributed by atoms with Gasteiger partial charge in [0.2, 0.25) is 5.95 Å². The average Bonchev–Trinajstić information content (AvgIpc) is 3.30. The van der Waals surface area contributed by atoms with E-state index in [0.717, 1.165) is 33.3 Å². The van der Waals surface area contributed by atoms with E-state index in [1.165, 1.54) is 11.3 Å². The van der Waals surface area contributed by atoms with Gasteiger partial charge >= 0.3 is 12.1 Å². The number of benzene rings is 1. The van der Waals surface area contributed by atoms with Crippen molar-refractivity contribution < 1.29 is 22.7 Å². The van der Waals surface area contributed by atoms with Gasteiger partial charge in [0.05, 0.1) is 4.88 Å². The number of aryl methyl sites for hydroxylation is 1. The maximum atomic E-state index is 12.9. The van der Waals surface area contributed by atoms with Gasteiger partial charge < -0.3 is 10.1 Å².